The SMILES string of the molecule is CCCNCc1ccccc1N(C)C1CCC(CC)CC1. The molecule has 0 bridgehead atoms. The Kier molecular flexibility index (Phi) is 6.56. The number of anilines is 1. The number of nitrogens with zero attached hydrogens (tertiary/aromatic N) is 1. The van der Waals surface area contributed by atoms with Crippen molar-refractivity contribution in [2.24, 2.45) is 5.92 Å². The maximum absolute atomic E-state index is 3.54. The van der Waals surface area contributed by atoms with Crippen molar-refractivity contribution in [3.63, 3.8) is 0 Å². The van der Waals surface area contributed by atoms with Crippen molar-refractivity contribution in [1.82, 2.24) is 5.32 Å². The number of rotatable bonds is 7. The molecule has 0 unspecified atom stereocenters. The average molecular weight is 288 g/mol. The molecule has 1 aliphatic carbocycles. The molecule has 1 N–H and O–H groups in total. The molecule has 1 aromatic carbocycles. The maximum atomic E-state index is 3.54. The van der Waals surface area contributed by atoms with Gasteiger partial charge in [-0.25, -0.2) is 0 Å². The van der Waals surface area contributed by atoms with Gasteiger partial charge in [-0.1, -0.05) is 38.5 Å². The van der Waals surface area contributed by atoms with Crippen LogP contribution in [0.3, 0.4) is 0 Å². The van der Waals surface area contributed by atoms with E-state index in [0.717, 1.165) is 25.0 Å². The Morgan fingerprint density at radius 3 is 2.48 bits per heavy atom. The predicted molar refractivity (Wildman–Crippen MR) is 92.9 cm³/mol. The molecule has 0 saturated heterocycles. The Balaban J connectivity index is 2.00. The van der Waals surface area contributed by atoms with Gasteiger partial charge in [0.15, 0.2) is 0 Å². The predicted octanol–water partition coefficient (Wildman–Crippen LogP) is 4.59. The van der Waals surface area contributed by atoms with Crippen molar-refractivity contribution in [2.75, 3.05) is 18.5 Å². The Labute approximate surface area is 130 Å². The van der Waals surface area contributed by atoms with Crippen LogP contribution in [0.5, 0.6) is 0 Å². The number of hydrogen-bond donors (Lipinski definition) is 1. The average Bonchev–Trinajstić information content (AvgIpc) is 2.55. The molecular weight excluding hydrogens is 256 g/mol. The second-order valence-electron chi connectivity index (χ2n) is 6.50. The first-order valence-corrected chi connectivity index (χ1v) is 8.77. The minimum absolute atomic E-state index is 0.722. The molecule has 1 aromatic rings. The van der Waals surface area contributed by atoms with Crippen LogP contribution in [0.2, 0.25) is 0 Å². The number of nitrogens with one attached hydrogen (secondary N) is 1. The summed E-state index contributed by atoms with van der Waals surface area (Å²) in [5.41, 5.74) is 2.85. The first-order chi connectivity index (χ1) is 10.3. The van der Waals surface area contributed by atoms with Crippen molar-refractivity contribution in [1.29, 1.82) is 0 Å². The fourth-order valence-corrected chi connectivity index (χ4v) is 3.54. The summed E-state index contributed by atoms with van der Waals surface area (Å²) in [5, 5.41) is 3.54. The van der Waals surface area contributed by atoms with Crippen LogP contribution >= 0.6 is 0 Å². The molecule has 0 aliphatic heterocycles. The van der Waals surface area contributed by atoms with Crippen molar-refractivity contribution in [3.05, 3.63) is 29.8 Å². The van der Waals surface area contributed by atoms with Crippen LogP contribution in [0.1, 0.15) is 57.9 Å². The molecule has 0 spiro atoms. The van der Waals surface area contributed by atoms with E-state index in [9.17, 15) is 0 Å². The third-order valence-corrected chi connectivity index (χ3v) is 5.06. The van der Waals surface area contributed by atoms with Gasteiger partial charge in [0.25, 0.3) is 0 Å². The van der Waals surface area contributed by atoms with E-state index >= 15 is 0 Å². The molecule has 0 amide bonds. The van der Waals surface area contributed by atoms with Crippen molar-refractivity contribution in [2.45, 2.75) is 65.0 Å². The highest BCUT2D eigenvalue weighted by Crippen LogP contribution is 2.32. The zero-order valence-electron chi connectivity index (χ0n) is 14.1. The van der Waals surface area contributed by atoms with E-state index in [-0.39, 0.29) is 0 Å². The van der Waals surface area contributed by atoms with Gasteiger partial charge in [0, 0.05) is 25.3 Å². The molecule has 118 valence electrons. The zero-order valence-corrected chi connectivity index (χ0v) is 14.1. The minimum Gasteiger partial charge on any atom is -0.371 e. The lowest BCUT2D eigenvalue weighted by molar-refractivity contribution is 0.313. The van der Waals surface area contributed by atoms with Gasteiger partial charge in [-0.2, -0.15) is 0 Å². The summed E-state index contributed by atoms with van der Waals surface area (Å²) in [6, 6.07) is 9.61. The highest BCUT2D eigenvalue weighted by Gasteiger charge is 2.24. The van der Waals surface area contributed by atoms with Gasteiger partial charge in [0.05, 0.1) is 0 Å². The fourth-order valence-electron chi connectivity index (χ4n) is 3.54. The smallest absolute Gasteiger partial charge is 0.0411 e. The molecule has 0 atom stereocenters. The van der Waals surface area contributed by atoms with Crippen LogP contribution in [0, 0.1) is 5.92 Å². The lowest BCUT2D eigenvalue weighted by Crippen LogP contribution is -2.36. The number of benzene rings is 1. The van der Waals surface area contributed by atoms with Crippen LogP contribution in [-0.4, -0.2) is 19.6 Å². The third-order valence-electron chi connectivity index (χ3n) is 5.06. The summed E-state index contributed by atoms with van der Waals surface area (Å²) >= 11 is 0. The van der Waals surface area contributed by atoms with Crippen LogP contribution < -0.4 is 10.2 Å². The zero-order chi connectivity index (χ0) is 15.1. The van der Waals surface area contributed by atoms with Gasteiger partial charge in [0.2, 0.25) is 0 Å². The summed E-state index contributed by atoms with van der Waals surface area (Å²) in [5.74, 6) is 0.969. The summed E-state index contributed by atoms with van der Waals surface area (Å²) in [6.07, 6.45) is 8.06. The molecule has 0 aromatic heterocycles. The van der Waals surface area contributed by atoms with Gasteiger partial charge in [-0.3, -0.25) is 0 Å². The van der Waals surface area contributed by atoms with Crippen LogP contribution in [0.4, 0.5) is 5.69 Å². The van der Waals surface area contributed by atoms with Crippen LogP contribution in [-0.2, 0) is 6.54 Å². The fraction of sp³-hybridized carbons (Fsp3) is 0.684. The summed E-state index contributed by atoms with van der Waals surface area (Å²) < 4.78 is 0. The van der Waals surface area contributed by atoms with E-state index in [2.05, 4.69) is 55.4 Å². The molecule has 1 fully saturated rings. The van der Waals surface area contributed by atoms with E-state index in [1.165, 1.54) is 49.8 Å². The lowest BCUT2D eigenvalue weighted by atomic mass is 9.84. The molecule has 1 saturated carbocycles. The minimum atomic E-state index is 0.722. The summed E-state index contributed by atoms with van der Waals surface area (Å²) in [7, 11) is 2.29. The molecule has 2 rings (SSSR count). The first-order valence-electron chi connectivity index (χ1n) is 8.77. The monoisotopic (exact) mass is 288 g/mol. The topological polar surface area (TPSA) is 15.3 Å². The Morgan fingerprint density at radius 1 is 1.10 bits per heavy atom. The van der Waals surface area contributed by atoms with Gasteiger partial charge in [0.1, 0.15) is 0 Å². The van der Waals surface area contributed by atoms with E-state index in [1.54, 1.807) is 0 Å². The normalized spacial score (nSPS) is 22.2. The highest BCUT2D eigenvalue weighted by atomic mass is 15.1. The van der Waals surface area contributed by atoms with Gasteiger partial charge >= 0.3 is 0 Å². The van der Waals surface area contributed by atoms with Crippen molar-refractivity contribution < 1.29 is 0 Å². The summed E-state index contributed by atoms with van der Waals surface area (Å²) in [6.45, 7) is 6.64. The number of para-hydroxylation sites is 1. The quantitative estimate of drug-likeness (QED) is 0.738. The molecule has 21 heavy (non-hydrogen) atoms. The first kappa shape index (κ1) is 16.4. The second kappa shape index (κ2) is 8.43. The van der Waals surface area contributed by atoms with Crippen LogP contribution in [0.15, 0.2) is 24.3 Å². The lowest BCUT2D eigenvalue weighted by Gasteiger charge is -2.36. The molecule has 0 heterocycles. The standard InChI is InChI=1S/C19H32N2/c1-4-14-20-15-17-8-6-7-9-19(17)21(3)18-12-10-16(5-2)11-13-18/h6-9,16,18,20H,4-5,10-15H2,1-3H3. The maximum Gasteiger partial charge on any atom is 0.0411 e. The summed E-state index contributed by atoms with van der Waals surface area (Å²) in [4.78, 5) is 2.54. The molecule has 2 heteroatoms. The van der Waals surface area contributed by atoms with Gasteiger partial charge < -0.3 is 10.2 Å². The van der Waals surface area contributed by atoms with E-state index < -0.39 is 0 Å². The van der Waals surface area contributed by atoms with E-state index in [0.29, 0.717) is 0 Å². The Bertz CT molecular complexity index is 408. The molecule has 1 aliphatic rings. The van der Waals surface area contributed by atoms with Crippen molar-refractivity contribution in [3.8, 4) is 0 Å². The molecular formula is C19H32N2. The Hall–Kier alpha value is -1.02. The molecule has 0 radical (unpaired) electrons. The van der Waals surface area contributed by atoms with E-state index in [1.807, 2.05) is 0 Å². The molecule has 2 nitrogen and oxygen atoms in total. The van der Waals surface area contributed by atoms with Gasteiger partial charge in [-0.15, -0.1) is 0 Å². The Morgan fingerprint density at radius 2 is 1.81 bits per heavy atom. The second-order valence-corrected chi connectivity index (χ2v) is 6.50. The van der Waals surface area contributed by atoms with Crippen LogP contribution in [0.25, 0.3) is 0 Å². The van der Waals surface area contributed by atoms with Crippen molar-refractivity contribution >= 4 is 5.69 Å². The highest BCUT2D eigenvalue weighted by molar-refractivity contribution is 5.53. The van der Waals surface area contributed by atoms with E-state index in [4.69, 9.17) is 0 Å². The number of hydrogen-bond acceptors (Lipinski definition) is 2. The largest absolute Gasteiger partial charge is 0.371 e. The third kappa shape index (κ3) is 4.47. The van der Waals surface area contributed by atoms with Gasteiger partial charge in [-0.05, 0) is 56.2 Å².